The van der Waals surface area contributed by atoms with Gasteiger partial charge in [0.1, 0.15) is 18.3 Å². The maximum Gasteiger partial charge on any atom is 0.236 e. The Morgan fingerprint density at radius 3 is 2.11 bits per heavy atom. The summed E-state index contributed by atoms with van der Waals surface area (Å²) in [5, 5.41) is 6.75. The molecule has 0 aliphatic carbocycles. The lowest BCUT2D eigenvalue weighted by molar-refractivity contribution is -0.116. The fourth-order valence-corrected chi connectivity index (χ4v) is 3.10. The molecule has 0 aliphatic rings. The molecule has 1 heterocycles. The molecule has 5 nitrogen and oxygen atoms in total. The van der Waals surface area contributed by atoms with E-state index in [9.17, 15) is 9.18 Å². The van der Waals surface area contributed by atoms with Crippen LogP contribution in [-0.4, -0.2) is 20.7 Å². The Balaban J connectivity index is 1.62. The van der Waals surface area contributed by atoms with E-state index in [0.29, 0.717) is 5.69 Å². The summed E-state index contributed by atoms with van der Waals surface area (Å²) >= 11 is 0. The minimum Gasteiger partial charge on any atom is -0.325 e. The van der Waals surface area contributed by atoms with Crippen molar-refractivity contribution in [2.45, 2.75) is 5.92 Å². The fraction of sp³-hybridized carbons (Fsp3) is 0.0455. The zero-order valence-electron chi connectivity index (χ0n) is 14.9. The van der Waals surface area contributed by atoms with Crippen LogP contribution in [0.15, 0.2) is 91.5 Å². The Morgan fingerprint density at radius 1 is 0.929 bits per heavy atom. The second kappa shape index (κ2) is 7.84. The summed E-state index contributed by atoms with van der Waals surface area (Å²) in [6.45, 7) is 0. The molecule has 0 saturated heterocycles. The fourth-order valence-electron chi connectivity index (χ4n) is 3.10. The number of halogens is 1. The smallest absolute Gasteiger partial charge is 0.236 e. The molecule has 0 bridgehead atoms. The van der Waals surface area contributed by atoms with E-state index < -0.39 is 11.7 Å². The summed E-state index contributed by atoms with van der Waals surface area (Å²) in [5.74, 6) is -1.23. The van der Waals surface area contributed by atoms with E-state index in [2.05, 4.69) is 15.4 Å². The van der Waals surface area contributed by atoms with Gasteiger partial charge in [0, 0.05) is 5.69 Å². The number of amides is 1. The zero-order chi connectivity index (χ0) is 19.3. The monoisotopic (exact) mass is 372 g/mol. The Kier molecular flexibility index (Phi) is 4.93. The second-order valence-corrected chi connectivity index (χ2v) is 6.25. The zero-order valence-corrected chi connectivity index (χ0v) is 14.9. The maximum absolute atomic E-state index is 14.5. The van der Waals surface area contributed by atoms with Crippen LogP contribution in [0.1, 0.15) is 17.0 Å². The van der Waals surface area contributed by atoms with Gasteiger partial charge in [-0.15, -0.1) is 0 Å². The summed E-state index contributed by atoms with van der Waals surface area (Å²) in [6, 6.07) is 23.5. The molecule has 0 atom stereocenters. The minimum absolute atomic E-state index is 0.231. The van der Waals surface area contributed by atoms with Crippen molar-refractivity contribution in [3.8, 4) is 5.69 Å². The number of hydrogen-bond acceptors (Lipinski definition) is 3. The third-order valence-corrected chi connectivity index (χ3v) is 4.41. The molecule has 0 spiro atoms. The number of carbonyl (C=O) groups excluding carboxylic acids is 1. The molecule has 0 saturated carbocycles. The van der Waals surface area contributed by atoms with Crippen LogP contribution in [0.25, 0.3) is 5.69 Å². The molecular formula is C22H17FN4O. The van der Waals surface area contributed by atoms with E-state index in [-0.39, 0.29) is 11.6 Å². The molecular weight excluding hydrogens is 355 g/mol. The molecule has 138 valence electrons. The lowest BCUT2D eigenvalue weighted by atomic mass is 9.90. The predicted octanol–water partition coefficient (Wildman–Crippen LogP) is 4.18. The van der Waals surface area contributed by atoms with Crippen molar-refractivity contribution in [3.63, 3.8) is 0 Å². The topological polar surface area (TPSA) is 59.8 Å². The van der Waals surface area contributed by atoms with E-state index in [0.717, 1.165) is 11.1 Å². The molecule has 0 fully saturated rings. The van der Waals surface area contributed by atoms with Crippen LogP contribution in [0.2, 0.25) is 0 Å². The van der Waals surface area contributed by atoms with E-state index in [1.54, 1.807) is 12.1 Å². The number of nitrogens with zero attached hydrogens (tertiary/aromatic N) is 3. The van der Waals surface area contributed by atoms with Crippen LogP contribution in [0.3, 0.4) is 0 Å². The molecule has 0 aliphatic heterocycles. The first-order valence-electron chi connectivity index (χ1n) is 8.77. The highest BCUT2D eigenvalue weighted by Crippen LogP contribution is 2.27. The van der Waals surface area contributed by atoms with Gasteiger partial charge in [-0.1, -0.05) is 60.7 Å². The first kappa shape index (κ1) is 17.6. The molecule has 1 amide bonds. The van der Waals surface area contributed by atoms with Gasteiger partial charge in [-0.3, -0.25) is 4.79 Å². The highest BCUT2D eigenvalue weighted by molar-refractivity contribution is 5.98. The maximum atomic E-state index is 14.5. The van der Waals surface area contributed by atoms with Gasteiger partial charge >= 0.3 is 0 Å². The highest BCUT2D eigenvalue weighted by Gasteiger charge is 2.23. The van der Waals surface area contributed by atoms with Gasteiger partial charge in [-0.25, -0.2) is 14.1 Å². The van der Waals surface area contributed by atoms with E-state index in [4.69, 9.17) is 0 Å². The normalized spacial score (nSPS) is 10.8. The van der Waals surface area contributed by atoms with Crippen LogP contribution in [0.4, 0.5) is 10.1 Å². The number of carbonyl (C=O) groups is 1. The quantitative estimate of drug-likeness (QED) is 0.572. The molecule has 3 aromatic carbocycles. The first-order valence-corrected chi connectivity index (χ1v) is 8.77. The van der Waals surface area contributed by atoms with Crippen LogP contribution >= 0.6 is 0 Å². The molecule has 0 radical (unpaired) electrons. The largest absolute Gasteiger partial charge is 0.325 e. The number of anilines is 1. The predicted molar refractivity (Wildman–Crippen MR) is 105 cm³/mol. The molecule has 6 heteroatoms. The summed E-state index contributed by atoms with van der Waals surface area (Å²) in [7, 11) is 0. The van der Waals surface area contributed by atoms with Crippen molar-refractivity contribution < 1.29 is 9.18 Å². The Labute approximate surface area is 161 Å². The molecule has 28 heavy (non-hydrogen) atoms. The van der Waals surface area contributed by atoms with Gasteiger partial charge in [0.2, 0.25) is 5.91 Å². The SMILES string of the molecule is O=C(Nc1ccc(-n2cncn2)c(F)c1)C(c1ccccc1)c1ccccc1. The number of rotatable bonds is 5. The third kappa shape index (κ3) is 3.66. The minimum atomic E-state index is -0.501. The molecule has 1 N–H and O–H groups in total. The van der Waals surface area contributed by atoms with Crippen LogP contribution in [0, 0.1) is 5.82 Å². The Bertz CT molecular complexity index is 1030. The highest BCUT2D eigenvalue weighted by atomic mass is 19.1. The Hall–Kier alpha value is -3.80. The summed E-state index contributed by atoms with van der Waals surface area (Å²) in [6.07, 6.45) is 2.75. The van der Waals surface area contributed by atoms with Crippen molar-refractivity contribution >= 4 is 11.6 Å². The van der Waals surface area contributed by atoms with Gasteiger partial charge in [0.15, 0.2) is 5.82 Å². The van der Waals surface area contributed by atoms with Crippen molar-refractivity contribution in [2.75, 3.05) is 5.32 Å². The number of nitrogens with one attached hydrogen (secondary N) is 1. The summed E-state index contributed by atoms with van der Waals surface area (Å²) in [5.41, 5.74) is 2.37. The number of benzene rings is 3. The van der Waals surface area contributed by atoms with Crippen molar-refractivity contribution in [2.24, 2.45) is 0 Å². The van der Waals surface area contributed by atoms with Gasteiger partial charge < -0.3 is 5.32 Å². The van der Waals surface area contributed by atoms with Gasteiger partial charge in [0.05, 0.1) is 5.92 Å². The summed E-state index contributed by atoms with van der Waals surface area (Å²) < 4.78 is 15.8. The average Bonchev–Trinajstić information content (AvgIpc) is 3.24. The lowest BCUT2D eigenvalue weighted by Crippen LogP contribution is -2.22. The standard InChI is InChI=1S/C22H17FN4O/c23-19-13-18(11-12-20(19)27-15-24-14-25-27)26-22(28)21(16-7-3-1-4-8-16)17-9-5-2-6-10-17/h1-15,21H,(H,26,28). The van der Waals surface area contributed by atoms with Crippen LogP contribution in [0.5, 0.6) is 0 Å². The van der Waals surface area contributed by atoms with Gasteiger partial charge in [-0.05, 0) is 29.3 Å². The first-order chi connectivity index (χ1) is 13.7. The van der Waals surface area contributed by atoms with Crippen molar-refractivity contribution in [3.05, 3.63) is 108 Å². The average molecular weight is 372 g/mol. The van der Waals surface area contributed by atoms with E-state index in [1.807, 2.05) is 60.7 Å². The Morgan fingerprint density at radius 2 is 1.57 bits per heavy atom. The van der Waals surface area contributed by atoms with Crippen LogP contribution < -0.4 is 5.32 Å². The molecule has 4 aromatic rings. The lowest BCUT2D eigenvalue weighted by Gasteiger charge is -2.18. The van der Waals surface area contributed by atoms with Gasteiger partial charge in [0.25, 0.3) is 0 Å². The third-order valence-electron chi connectivity index (χ3n) is 4.41. The van der Waals surface area contributed by atoms with Crippen LogP contribution in [-0.2, 0) is 4.79 Å². The number of aromatic nitrogens is 3. The van der Waals surface area contributed by atoms with Gasteiger partial charge in [-0.2, -0.15) is 5.10 Å². The summed E-state index contributed by atoms with van der Waals surface area (Å²) in [4.78, 5) is 16.9. The molecule has 1 aromatic heterocycles. The van der Waals surface area contributed by atoms with Crippen molar-refractivity contribution in [1.29, 1.82) is 0 Å². The second-order valence-electron chi connectivity index (χ2n) is 6.25. The van der Waals surface area contributed by atoms with E-state index in [1.165, 1.54) is 23.4 Å². The molecule has 4 rings (SSSR count). The molecule has 0 unspecified atom stereocenters. The van der Waals surface area contributed by atoms with Crippen molar-refractivity contribution in [1.82, 2.24) is 14.8 Å². The van der Waals surface area contributed by atoms with E-state index >= 15 is 0 Å². The number of hydrogen-bond donors (Lipinski definition) is 1.